The van der Waals surface area contributed by atoms with E-state index in [4.69, 9.17) is 0 Å². The van der Waals surface area contributed by atoms with Crippen molar-refractivity contribution < 1.29 is 14.7 Å². The van der Waals surface area contributed by atoms with E-state index in [1.165, 1.54) is 0 Å². The number of carboxylic acids is 1. The van der Waals surface area contributed by atoms with Gasteiger partial charge in [0.15, 0.2) is 5.78 Å². The van der Waals surface area contributed by atoms with Crippen molar-refractivity contribution in [1.82, 2.24) is 0 Å². The van der Waals surface area contributed by atoms with E-state index in [1.54, 1.807) is 0 Å². The summed E-state index contributed by atoms with van der Waals surface area (Å²) in [7, 11) is 0. The Hall–Kier alpha value is -1.12. The Morgan fingerprint density at radius 2 is 2.00 bits per heavy atom. The lowest BCUT2D eigenvalue weighted by atomic mass is 10.1. The topological polar surface area (TPSA) is 57.2 Å². The minimum absolute atomic E-state index is 0.0797. The van der Waals surface area contributed by atoms with Crippen LogP contribution in [0.1, 0.15) is 32.6 Å². The molecule has 0 heterocycles. The maximum absolute atomic E-state index is 10.5. The molecule has 0 spiro atoms. The number of carbonyl (C=O) groups excluding carboxylic acids is 2. The van der Waals surface area contributed by atoms with Gasteiger partial charge < -0.3 is 9.90 Å². The molecule has 0 bridgehead atoms. The highest BCUT2D eigenvalue weighted by atomic mass is 16.4. The average Bonchev–Trinajstić information content (AvgIpc) is 2.03. The van der Waals surface area contributed by atoms with Crippen molar-refractivity contribution in [2.45, 2.75) is 32.6 Å². The van der Waals surface area contributed by atoms with Crippen molar-refractivity contribution >= 4 is 11.8 Å². The molecule has 0 N–H and O–H groups in total. The van der Waals surface area contributed by atoms with E-state index in [1.807, 2.05) is 19.1 Å². The molecule has 0 aliphatic carbocycles. The van der Waals surface area contributed by atoms with Crippen LogP contribution in [0.3, 0.4) is 0 Å². The molecule has 0 rings (SSSR count). The fourth-order valence-electron chi connectivity index (χ4n) is 0.767. The number of hydrogen-bond donors (Lipinski definition) is 0. The molecular formula is C9H13O3-. The zero-order valence-electron chi connectivity index (χ0n) is 7.21. The standard InChI is InChI=1S/C9H14O3/c1-2-3-4-5-6-7-8(10)9(11)12/h3-4H,2,5-7H2,1H3,(H,11,12)/p-1/b4-3+. The first kappa shape index (κ1) is 10.9. The van der Waals surface area contributed by atoms with Crippen LogP contribution in [0.15, 0.2) is 12.2 Å². The summed E-state index contributed by atoms with van der Waals surface area (Å²) < 4.78 is 0. The Balaban J connectivity index is 3.38. The summed E-state index contributed by atoms with van der Waals surface area (Å²) in [5.74, 6) is -2.38. The van der Waals surface area contributed by atoms with Gasteiger partial charge in [-0.2, -0.15) is 0 Å². The Morgan fingerprint density at radius 3 is 2.50 bits per heavy atom. The van der Waals surface area contributed by atoms with Gasteiger partial charge in [0.1, 0.15) is 5.97 Å². The van der Waals surface area contributed by atoms with Gasteiger partial charge in [-0.25, -0.2) is 0 Å². The van der Waals surface area contributed by atoms with Gasteiger partial charge in [0.2, 0.25) is 0 Å². The Bertz CT molecular complexity index is 182. The third-order valence-electron chi connectivity index (χ3n) is 1.40. The third-order valence-corrected chi connectivity index (χ3v) is 1.40. The summed E-state index contributed by atoms with van der Waals surface area (Å²) in [6, 6.07) is 0. The second-order valence-electron chi connectivity index (χ2n) is 2.48. The summed E-state index contributed by atoms with van der Waals surface area (Å²) in [6.07, 6.45) is 6.33. The molecule has 3 nitrogen and oxygen atoms in total. The summed E-state index contributed by atoms with van der Waals surface area (Å²) in [6.45, 7) is 2.02. The van der Waals surface area contributed by atoms with Gasteiger partial charge in [-0.1, -0.05) is 19.1 Å². The zero-order valence-corrected chi connectivity index (χ0v) is 7.21. The highest BCUT2D eigenvalue weighted by Gasteiger charge is 1.99. The van der Waals surface area contributed by atoms with Gasteiger partial charge in [-0.05, 0) is 19.3 Å². The summed E-state index contributed by atoms with van der Waals surface area (Å²) in [5.41, 5.74) is 0. The van der Waals surface area contributed by atoms with Crippen molar-refractivity contribution in [3.05, 3.63) is 12.2 Å². The minimum Gasteiger partial charge on any atom is -0.542 e. The maximum Gasteiger partial charge on any atom is 0.178 e. The van der Waals surface area contributed by atoms with E-state index in [9.17, 15) is 14.7 Å². The molecule has 0 atom stereocenters. The van der Waals surface area contributed by atoms with E-state index in [0.717, 1.165) is 12.8 Å². The molecule has 0 saturated heterocycles. The third kappa shape index (κ3) is 5.65. The summed E-state index contributed by atoms with van der Waals surface area (Å²) in [5, 5.41) is 9.94. The van der Waals surface area contributed by atoms with E-state index in [-0.39, 0.29) is 6.42 Å². The van der Waals surface area contributed by atoms with Crippen molar-refractivity contribution in [3.63, 3.8) is 0 Å². The fraction of sp³-hybridized carbons (Fsp3) is 0.556. The fourth-order valence-corrected chi connectivity index (χ4v) is 0.767. The van der Waals surface area contributed by atoms with Gasteiger partial charge in [0.05, 0.1) is 0 Å². The minimum atomic E-state index is -1.57. The second-order valence-corrected chi connectivity index (χ2v) is 2.48. The van der Waals surface area contributed by atoms with Crippen LogP contribution in [-0.2, 0) is 9.59 Å². The molecule has 3 heteroatoms. The van der Waals surface area contributed by atoms with Crippen LogP contribution in [-0.4, -0.2) is 11.8 Å². The number of carboxylic acid groups (broad SMARTS) is 1. The number of allylic oxidation sites excluding steroid dienone is 2. The molecule has 0 aromatic heterocycles. The Kier molecular flexibility index (Phi) is 5.97. The molecule has 0 fully saturated rings. The van der Waals surface area contributed by atoms with Crippen LogP contribution >= 0.6 is 0 Å². The van der Waals surface area contributed by atoms with Crippen LogP contribution in [0.4, 0.5) is 0 Å². The van der Waals surface area contributed by atoms with Crippen LogP contribution in [0.25, 0.3) is 0 Å². The van der Waals surface area contributed by atoms with Crippen LogP contribution in [0.2, 0.25) is 0 Å². The van der Waals surface area contributed by atoms with Crippen molar-refractivity contribution in [2.75, 3.05) is 0 Å². The molecule has 68 valence electrons. The van der Waals surface area contributed by atoms with Crippen molar-refractivity contribution in [1.29, 1.82) is 0 Å². The predicted octanol–water partition coefficient (Wildman–Crippen LogP) is 0.442. The van der Waals surface area contributed by atoms with E-state index in [0.29, 0.717) is 6.42 Å². The number of Topliss-reactive ketones (excluding diaryl/α,β-unsaturated/α-hetero) is 1. The van der Waals surface area contributed by atoms with Gasteiger partial charge in [0, 0.05) is 6.42 Å². The van der Waals surface area contributed by atoms with Gasteiger partial charge >= 0.3 is 0 Å². The van der Waals surface area contributed by atoms with Gasteiger partial charge in [0.25, 0.3) is 0 Å². The molecule has 0 aromatic rings. The first-order valence-corrected chi connectivity index (χ1v) is 4.07. The largest absolute Gasteiger partial charge is 0.542 e. The molecule has 0 aromatic carbocycles. The smallest absolute Gasteiger partial charge is 0.178 e. The number of rotatable bonds is 6. The number of unbranched alkanes of at least 4 members (excludes halogenated alkanes) is 1. The van der Waals surface area contributed by atoms with E-state index in [2.05, 4.69) is 0 Å². The lowest BCUT2D eigenvalue weighted by molar-refractivity contribution is -0.300. The maximum atomic E-state index is 10.5. The summed E-state index contributed by atoms with van der Waals surface area (Å²) >= 11 is 0. The number of carbonyl (C=O) groups is 2. The SMILES string of the molecule is CC/C=C/CCCC(=O)C(=O)[O-]. The Morgan fingerprint density at radius 1 is 1.33 bits per heavy atom. The van der Waals surface area contributed by atoms with Gasteiger partial charge in [-0.3, -0.25) is 4.79 Å². The molecule has 12 heavy (non-hydrogen) atoms. The molecule has 0 radical (unpaired) electrons. The predicted molar refractivity (Wildman–Crippen MR) is 43.3 cm³/mol. The molecule has 0 unspecified atom stereocenters. The number of hydrogen-bond acceptors (Lipinski definition) is 3. The lowest BCUT2D eigenvalue weighted by Gasteiger charge is -1.98. The summed E-state index contributed by atoms with van der Waals surface area (Å²) in [4.78, 5) is 20.4. The quantitative estimate of drug-likeness (QED) is 0.329. The second kappa shape index (κ2) is 6.58. The monoisotopic (exact) mass is 169 g/mol. The molecule has 0 amide bonds. The lowest BCUT2D eigenvalue weighted by Crippen LogP contribution is -2.31. The highest BCUT2D eigenvalue weighted by molar-refractivity contribution is 6.31. The molecule has 0 aliphatic heterocycles. The van der Waals surface area contributed by atoms with Crippen molar-refractivity contribution in [2.24, 2.45) is 0 Å². The first-order valence-electron chi connectivity index (χ1n) is 4.07. The van der Waals surface area contributed by atoms with Gasteiger partial charge in [-0.15, -0.1) is 0 Å². The van der Waals surface area contributed by atoms with E-state index < -0.39 is 11.8 Å². The molecular weight excluding hydrogens is 156 g/mol. The molecule has 0 aliphatic rings. The van der Waals surface area contributed by atoms with Crippen LogP contribution < -0.4 is 5.11 Å². The molecule has 0 saturated carbocycles. The number of aliphatic carboxylic acids is 1. The zero-order chi connectivity index (χ0) is 9.40. The van der Waals surface area contributed by atoms with Crippen LogP contribution in [0, 0.1) is 0 Å². The van der Waals surface area contributed by atoms with Crippen molar-refractivity contribution in [3.8, 4) is 0 Å². The highest BCUT2D eigenvalue weighted by Crippen LogP contribution is 1.97. The van der Waals surface area contributed by atoms with E-state index >= 15 is 0 Å². The van der Waals surface area contributed by atoms with Crippen LogP contribution in [0.5, 0.6) is 0 Å². The first-order chi connectivity index (χ1) is 5.68. The normalized spacial score (nSPS) is 10.4. The Labute approximate surface area is 72.1 Å². The number of ketones is 1. The average molecular weight is 169 g/mol.